The highest BCUT2D eigenvalue weighted by Crippen LogP contribution is 2.29. The zero-order chi connectivity index (χ0) is 23.4. The fourth-order valence-electron chi connectivity index (χ4n) is 3.77. The zero-order valence-corrected chi connectivity index (χ0v) is 19.6. The maximum Gasteiger partial charge on any atom is 0.248 e. The number of carbonyl (C=O) groups is 1. The number of nitrogens with one attached hydrogen (secondary N) is 1. The van der Waals surface area contributed by atoms with Gasteiger partial charge in [0.1, 0.15) is 11.5 Å². The lowest BCUT2D eigenvalue weighted by molar-refractivity contribution is -0.126. The van der Waals surface area contributed by atoms with Gasteiger partial charge in [0.2, 0.25) is 15.9 Å². The van der Waals surface area contributed by atoms with E-state index >= 15 is 0 Å². The van der Waals surface area contributed by atoms with E-state index in [1.165, 1.54) is 16.6 Å². The molecule has 1 aliphatic heterocycles. The Hall–Kier alpha value is -2.88. The van der Waals surface area contributed by atoms with Crippen LogP contribution in [0.4, 0.5) is 0 Å². The Morgan fingerprint density at radius 2 is 1.94 bits per heavy atom. The fourth-order valence-corrected chi connectivity index (χ4v) is 5.61. The summed E-state index contributed by atoms with van der Waals surface area (Å²) in [5, 5.41) is 7.41. The molecule has 3 heterocycles. The predicted octanol–water partition coefficient (Wildman–Crippen LogP) is 4.12. The van der Waals surface area contributed by atoms with Crippen LogP contribution >= 0.6 is 11.6 Å². The lowest BCUT2D eigenvalue weighted by atomic mass is 9.97. The molecule has 8 nitrogen and oxygen atoms in total. The van der Waals surface area contributed by atoms with Gasteiger partial charge >= 0.3 is 0 Å². The second-order valence-corrected chi connectivity index (χ2v) is 10.1. The van der Waals surface area contributed by atoms with E-state index in [1.54, 1.807) is 37.3 Å². The molecular formula is C23H24ClN3O5S. The van der Waals surface area contributed by atoms with Crippen molar-refractivity contribution >= 4 is 39.7 Å². The number of sulfonamides is 1. The summed E-state index contributed by atoms with van der Waals surface area (Å²) >= 11 is 5.89. The molecule has 1 saturated heterocycles. The highest BCUT2D eigenvalue weighted by Gasteiger charge is 2.35. The van der Waals surface area contributed by atoms with Gasteiger partial charge in [0.25, 0.3) is 0 Å². The van der Waals surface area contributed by atoms with E-state index in [9.17, 15) is 13.2 Å². The number of hydrogen-bond donors (Lipinski definition) is 1. The molecule has 174 valence electrons. The van der Waals surface area contributed by atoms with E-state index in [4.69, 9.17) is 20.5 Å². The van der Waals surface area contributed by atoms with Crippen molar-refractivity contribution in [1.29, 1.82) is 0 Å². The van der Waals surface area contributed by atoms with Crippen LogP contribution in [0.1, 0.15) is 35.6 Å². The molecule has 1 fully saturated rings. The summed E-state index contributed by atoms with van der Waals surface area (Å²) in [4.78, 5) is 12.6. The second kappa shape index (κ2) is 9.94. The molecule has 0 radical (unpaired) electrons. The van der Waals surface area contributed by atoms with Gasteiger partial charge in [-0.2, -0.15) is 4.31 Å². The molecule has 1 aliphatic rings. The lowest BCUT2D eigenvalue weighted by Crippen LogP contribution is -2.43. The van der Waals surface area contributed by atoms with E-state index in [2.05, 4.69) is 10.5 Å². The molecule has 4 rings (SSSR count). The zero-order valence-electron chi connectivity index (χ0n) is 18.0. The summed E-state index contributed by atoms with van der Waals surface area (Å²) in [6.45, 7) is 2.48. The topological polar surface area (TPSA) is 106 Å². The van der Waals surface area contributed by atoms with Gasteiger partial charge in [-0.05, 0) is 61.7 Å². The first-order valence-electron chi connectivity index (χ1n) is 10.5. The molecule has 0 unspecified atom stereocenters. The number of amides is 1. The van der Waals surface area contributed by atoms with Crippen LogP contribution in [0.15, 0.2) is 56.5 Å². The van der Waals surface area contributed by atoms with Crippen molar-refractivity contribution in [1.82, 2.24) is 14.8 Å². The van der Waals surface area contributed by atoms with Crippen LogP contribution in [-0.4, -0.2) is 36.9 Å². The van der Waals surface area contributed by atoms with Gasteiger partial charge in [-0.15, -0.1) is 0 Å². The van der Waals surface area contributed by atoms with Crippen LogP contribution in [0.2, 0.25) is 5.02 Å². The number of hydrogen-bond acceptors (Lipinski definition) is 6. The molecule has 33 heavy (non-hydrogen) atoms. The van der Waals surface area contributed by atoms with Gasteiger partial charge in [0, 0.05) is 30.6 Å². The van der Waals surface area contributed by atoms with Gasteiger partial charge in [-0.3, -0.25) is 4.79 Å². The summed E-state index contributed by atoms with van der Waals surface area (Å²) in [6, 6.07) is 10.7. The quantitative estimate of drug-likeness (QED) is 0.535. The molecule has 0 bridgehead atoms. The second-order valence-electron chi connectivity index (χ2n) is 7.83. The summed E-state index contributed by atoms with van der Waals surface area (Å²) in [5.41, 5.74) is 1.24. The molecule has 10 heteroatoms. The number of halogens is 1. The Kier molecular flexibility index (Phi) is 7.02. The third kappa shape index (κ3) is 5.38. The van der Waals surface area contributed by atoms with Crippen molar-refractivity contribution < 1.29 is 22.2 Å². The van der Waals surface area contributed by atoms with E-state index in [1.807, 2.05) is 12.1 Å². The largest absolute Gasteiger partial charge is 0.465 e. The number of piperidine rings is 1. The van der Waals surface area contributed by atoms with E-state index < -0.39 is 10.0 Å². The number of aromatic nitrogens is 1. The van der Waals surface area contributed by atoms with Gasteiger partial charge in [0.05, 0.1) is 6.26 Å². The van der Waals surface area contributed by atoms with E-state index in [0.717, 1.165) is 5.56 Å². The molecule has 0 spiro atoms. The Morgan fingerprint density at radius 1 is 1.21 bits per heavy atom. The van der Waals surface area contributed by atoms with Crippen molar-refractivity contribution in [3.8, 4) is 0 Å². The van der Waals surface area contributed by atoms with Gasteiger partial charge in [-0.1, -0.05) is 28.9 Å². The summed E-state index contributed by atoms with van der Waals surface area (Å²) in [7, 11) is -3.83. The molecule has 1 amide bonds. The normalized spacial score (nSPS) is 15.8. The minimum Gasteiger partial charge on any atom is -0.465 e. The minimum atomic E-state index is -3.83. The van der Waals surface area contributed by atoms with E-state index in [-0.39, 0.29) is 41.3 Å². The van der Waals surface area contributed by atoms with Crippen LogP contribution in [0.3, 0.4) is 0 Å². The highest BCUT2D eigenvalue weighted by molar-refractivity contribution is 7.89. The summed E-state index contributed by atoms with van der Waals surface area (Å²) in [5.74, 6) is 0.389. The standard InChI is InChI=1S/C23H24ClN3O5S/c1-16-22(21(32-26-16)9-8-20-3-2-14-31-20)33(29,30)27-12-10-18(11-13-27)23(28)25-15-17-4-6-19(24)7-5-17/h2-9,14,18H,10-13,15H2,1H3,(H,25,28). The lowest BCUT2D eigenvalue weighted by Gasteiger charge is -2.30. The molecule has 3 aromatic rings. The monoisotopic (exact) mass is 489 g/mol. The Morgan fingerprint density at radius 3 is 2.61 bits per heavy atom. The number of furan rings is 1. The summed E-state index contributed by atoms with van der Waals surface area (Å²) < 4.78 is 38.5. The van der Waals surface area contributed by atoms with Crippen LogP contribution in [0, 0.1) is 12.8 Å². The van der Waals surface area contributed by atoms with Gasteiger partial charge in [0.15, 0.2) is 10.7 Å². The Labute approximate surface area is 197 Å². The van der Waals surface area contributed by atoms with Crippen LogP contribution in [0.5, 0.6) is 0 Å². The fraction of sp³-hybridized carbons (Fsp3) is 0.304. The first kappa shape index (κ1) is 23.3. The first-order chi connectivity index (χ1) is 15.8. The van der Waals surface area contributed by atoms with Crippen LogP contribution < -0.4 is 5.32 Å². The smallest absolute Gasteiger partial charge is 0.248 e. The third-order valence-corrected chi connectivity index (χ3v) is 7.89. The van der Waals surface area contributed by atoms with Crippen LogP contribution in [0.25, 0.3) is 12.2 Å². The molecule has 1 N–H and O–H groups in total. The number of aryl methyl sites for hydroxylation is 1. The summed E-state index contributed by atoms with van der Waals surface area (Å²) in [6.07, 6.45) is 5.55. The van der Waals surface area contributed by atoms with Crippen molar-refractivity contribution in [2.24, 2.45) is 5.92 Å². The Bertz CT molecular complexity index is 1230. The number of carbonyl (C=O) groups excluding carboxylic acids is 1. The van der Waals surface area contributed by atoms with E-state index in [0.29, 0.717) is 30.2 Å². The molecule has 2 aromatic heterocycles. The molecule has 0 atom stereocenters. The van der Waals surface area contributed by atoms with Gasteiger partial charge < -0.3 is 14.3 Å². The molecular weight excluding hydrogens is 466 g/mol. The SMILES string of the molecule is Cc1noc(C=Cc2ccco2)c1S(=O)(=O)N1CCC(C(=O)NCc2ccc(Cl)cc2)CC1. The van der Waals surface area contributed by atoms with Crippen molar-refractivity contribution in [3.63, 3.8) is 0 Å². The van der Waals surface area contributed by atoms with Crippen molar-refractivity contribution in [2.45, 2.75) is 31.2 Å². The molecule has 0 aliphatic carbocycles. The maximum atomic E-state index is 13.3. The molecule has 1 aromatic carbocycles. The minimum absolute atomic E-state index is 0.0379. The maximum absolute atomic E-state index is 13.3. The highest BCUT2D eigenvalue weighted by atomic mass is 35.5. The number of nitrogens with zero attached hydrogens (tertiary/aromatic N) is 2. The van der Waals surface area contributed by atoms with Crippen molar-refractivity contribution in [2.75, 3.05) is 13.1 Å². The van der Waals surface area contributed by atoms with Gasteiger partial charge in [-0.25, -0.2) is 8.42 Å². The predicted molar refractivity (Wildman–Crippen MR) is 124 cm³/mol. The van der Waals surface area contributed by atoms with Crippen LogP contribution in [-0.2, 0) is 21.4 Å². The number of benzene rings is 1. The molecule has 0 saturated carbocycles. The third-order valence-electron chi connectivity index (χ3n) is 5.58. The number of rotatable bonds is 7. The Balaban J connectivity index is 1.38. The average Bonchev–Trinajstić information content (AvgIpc) is 3.47. The van der Waals surface area contributed by atoms with Crippen molar-refractivity contribution in [3.05, 3.63) is 70.5 Å². The first-order valence-corrected chi connectivity index (χ1v) is 12.4. The average molecular weight is 490 g/mol.